The van der Waals surface area contributed by atoms with Crippen LogP contribution in [0, 0.1) is 17.3 Å². The SMILES string of the molecule is CC(C)CC1(CNC(=O)[C@H]2CCN[C@@H](C)C2)CC1.Cl. The van der Waals surface area contributed by atoms with E-state index in [1.165, 1.54) is 19.3 Å². The zero-order chi connectivity index (χ0) is 13.2. The number of carbonyl (C=O) groups excluding carboxylic acids is 1. The summed E-state index contributed by atoms with van der Waals surface area (Å²) < 4.78 is 0. The van der Waals surface area contributed by atoms with E-state index in [0.717, 1.165) is 31.8 Å². The topological polar surface area (TPSA) is 41.1 Å². The van der Waals surface area contributed by atoms with E-state index in [0.29, 0.717) is 17.4 Å². The van der Waals surface area contributed by atoms with Crippen molar-refractivity contribution >= 4 is 18.3 Å². The van der Waals surface area contributed by atoms with Gasteiger partial charge in [0.25, 0.3) is 0 Å². The third kappa shape index (κ3) is 4.96. The molecule has 0 aromatic carbocycles. The first-order valence-electron chi connectivity index (χ1n) is 7.52. The van der Waals surface area contributed by atoms with Crippen LogP contribution in [0.2, 0.25) is 0 Å². The number of carbonyl (C=O) groups is 1. The Bertz CT molecular complexity index is 303. The Labute approximate surface area is 123 Å². The van der Waals surface area contributed by atoms with Gasteiger partial charge in [-0.05, 0) is 56.9 Å². The number of piperidine rings is 1. The molecule has 1 amide bonds. The molecule has 2 aliphatic rings. The van der Waals surface area contributed by atoms with E-state index in [1.54, 1.807) is 0 Å². The van der Waals surface area contributed by atoms with Crippen molar-refractivity contribution < 1.29 is 4.79 Å². The van der Waals surface area contributed by atoms with Gasteiger partial charge in [0.2, 0.25) is 5.91 Å². The first kappa shape index (κ1) is 16.8. The zero-order valence-electron chi connectivity index (χ0n) is 12.5. The number of amides is 1. The van der Waals surface area contributed by atoms with Gasteiger partial charge < -0.3 is 10.6 Å². The third-order valence-electron chi connectivity index (χ3n) is 4.43. The van der Waals surface area contributed by atoms with Gasteiger partial charge in [-0.2, -0.15) is 0 Å². The van der Waals surface area contributed by atoms with Gasteiger partial charge in [0.15, 0.2) is 0 Å². The minimum Gasteiger partial charge on any atom is -0.355 e. The number of nitrogens with one attached hydrogen (secondary N) is 2. The summed E-state index contributed by atoms with van der Waals surface area (Å²) >= 11 is 0. The van der Waals surface area contributed by atoms with Gasteiger partial charge in [-0.15, -0.1) is 12.4 Å². The fraction of sp³-hybridized carbons (Fsp3) is 0.933. The lowest BCUT2D eigenvalue weighted by atomic mass is 9.91. The molecule has 0 unspecified atom stereocenters. The van der Waals surface area contributed by atoms with Crippen LogP contribution in [0.25, 0.3) is 0 Å². The fourth-order valence-corrected chi connectivity index (χ4v) is 3.28. The number of halogens is 1. The van der Waals surface area contributed by atoms with Crippen molar-refractivity contribution in [3.8, 4) is 0 Å². The lowest BCUT2D eigenvalue weighted by Gasteiger charge is -2.28. The van der Waals surface area contributed by atoms with E-state index in [-0.39, 0.29) is 18.3 Å². The maximum atomic E-state index is 12.2. The zero-order valence-corrected chi connectivity index (χ0v) is 13.3. The molecule has 2 rings (SSSR count). The predicted octanol–water partition coefficient (Wildman–Crippen LogP) is 2.74. The largest absolute Gasteiger partial charge is 0.355 e. The molecule has 1 aliphatic carbocycles. The Balaban J connectivity index is 0.00000180. The molecule has 0 aromatic rings. The van der Waals surface area contributed by atoms with Crippen LogP contribution < -0.4 is 10.6 Å². The molecule has 0 radical (unpaired) electrons. The average molecular weight is 289 g/mol. The Kier molecular flexibility index (Phi) is 6.13. The van der Waals surface area contributed by atoms with Crippen molar-refractivity contribution in [3.05, 3.63) is 0 Å². The summed E-state index contributed by atoms with van der Waals surface area (Å²) in [6.07, 6.45) is 5.84. The lowest BCUT2D eigenvalue weighted by molar-refractivity contribution is -0.126. The summed E-state index contributed by atoms with van der Waals surface area (Å²) in [5, 5.41) is 6.61. The second-order valence-corrected chi connectivity index (χ2v) is 6.89. The van der Waals surface area contributed by atoms with Crippen LogP contribution in [-0.2, 0) is 4.79 Å². The van der Waals surface area contributed by atoms with Gasteiger partial charge in [-0.25, -0.2) is 0 Å². The first-order valence-corrected chi connectivity index (χ1v) is 7.52. The lowest BCUT2D eigenvalue weighted by Crippen LogP contribution is -2.43. The van der Waals surface area contributed by atoms with Gasteiger partial charge in [0.05, 0.1) is 0 Å². The van der Waals surface area contributed by atoms with Crippen LogP contribution in [0.15, 0.2) is 0 Å². The highest BCUT2D eigenvalue weighted by atomic mass is 35.5. The standard InChI is InChI=1S/C15H28N2O.ClH/c1-11(2)9-15(5-6-15)10-17-14(18)13-4-7-16-12(3)8-13;/h11-13,16H,4-10H2,1-3H3,(H,17,18);1H/t12-,13-;/m0./s1. The fourth-order valence-electron chi connectivity index (χ4n) is 3.28. The smallest absolute Gasteiger partial charge is 0.223 e. The van der Waals surface area contributed by atoms with Crippen LogP contribution >= 0.6 is 12.4 Å². The summed E-state index contributed by atoms with van der Waals surface area (Å²) in [5.41, 5.74) is 0.447. The molecule has 3 nitrogen and oxygen atoms in total. The molecular weight excluding hydrogens is 260 g/mol. The van der Waals surface area contributed by atoms with Crippen molar-refractivity contribution in [1.82, 2.24) is 10.6 Å². The van der Waals surface area contributed by atoms with Crippen molar-refractivity contribution in [3.63, 3.8) is 0 Å². The molecule has 0 spiro atoms. The molecule has 1 heterocycles. The molecule has 2 N–H and O–H groups in total. The van der Waals surface area contributed by atoms with E-state index in [4.69, 9.17) is 0 Å². The summed E-state index contributed by atoms with van der Waals surface area (Å²) in [7, 11) is 0. The number of hydrogen-bond acceptors (Lipinski definition) is 2. The maximum absolute atomic E-state index is 12.2. The van der Waals surface area contributed by atoms with Crippen molar-refractivity contribution in [2.75, 3.05) is 13.1 Å². The minimum atomic E-state index is 0. The van der Waals surface area contributed by atoms with Crippen molar-refractivity contribution in [2.24, 2.45) is 17.3 Å². The monoisotopic (exact) mass is 288 g/mol. The van der Waals surface area contributed by atoms with Gasteiger partial charge in [0.1, 0.15) is 0 Å². The normalized spacial score (nSPS) is 28.6. The Morgan fingerprint density at radius 1 is 1.42 bits per heavy atom. The summed E-state index contributed by atoms with van der Waals surface area (Å²) in [5.74, 6) is 1.26. The Morgan fingerprint density at radius 3 is 2.63 bits per heavy atom. The van der Waals surface area contributed by atoms with Crippen LogP contribution in [0.4, 0.5) is 0 Å². The molecule has 112 valence electrons. The Morgan fingerprint density at radius 2 is 2.11 bits per heavy atom. The van der Waals surface area contributed by atoms with Gasteiger partial charge >= 0.3 is 0 Å². The van der Waals surface area contributed by atoms with Crippen LogP contribution in [0.5, 0.6) is 0 Å². The second-order valence-electron chi connectivity index (χ2n) is 6.89. The highest BCUT2D eigenvalue weighted by Crippen LogP contribution is 2.50. The van der Waals surface area contributed by atoms with E-state index >= 15 is 0 Å². The van der Waals surface area contributed by atoms with Crippen molar-refractivity contribution in [2.45, 2.75) is 58.9 Å². The van der Waals surface area contributed by atoms with Gasteiger partial charge in [-0.3, -0.25) is 4.79 Å². The molecule has 4 heteroatoms. The highest BCUT2D eigenvalue weighted by molar-refractivity contribution is 5.85. The van der Waals surface area contributed by atoms with Gasteiger partial charge in [-0.1, -0.05) is 13.8 Å². The number of rotatable bonds is 5. The predicted molar refractivity (Wildman–Crippen MR) is 81.6 cm³/mol. The molecule has 0 bridgehead atoms. The van der Waals surface area contributed by atoms with E-state index in [9.17, 15) is 4.79 Å². The molecule has 0 aromatic heterocycles. The molecule has 2 fully saturated rings. The van der Waals surface area contributed by atoms with Crippen LogP contribution in [0.3, 0.4) is 0 Å². The molecule has 2 atom stereocenters. The van der Waals surface area contributed by atoms with E-state index in [2.05, 4.69) is 31.4 Å². The van der Waals surface area contributed by atoms with E-state index in [1.807, 2.05) is 0 Å². The first-order chi connectivity index (χ1) is 8.51. The molecule has 1 aliphatic heterocycles. The average Bonchev–Trinajstić information content (AvgIpc) is 3.05. The van der Waals surface area contributed by atoms with Crippen LogP contribution in [-0.4, -0.2) is 25.0 Å². The summed E-state index contributed by atoms with van der Waals surface area (Å²) in [6.45, 7) is 8.60. The highest BCUT2D eigenvalue weighted by Gasteiger charge is 2.43. The van der Waals surface area contributed by atoms with Crippen LogP contribution in [0.1, 0.15) is 52.9 Å². The summed E-state index contributed by atoms with van der Waals surface area (Å²) in [4.78, 5) is 12.2. The quantitative estimate of drug-likeness (QED) is 0.817. The summed E-state index contributed by atoms with van der Waals surface area (Å²) in [6, 6.07) is 0.486. The third-order valence-corrected chi connectivity index (χ3v) is 4.43. The van der Waals surface area contributed by atoms with E-state index < -0.39 is 0 Å². The molecule has 1 saturated carbocycles. The van der Waals surface area contributed by atoms with Gasteiger partial charge in [0, 0.05) is 18.5 Å². The second kappa shape index (κ2) is 6.94. The molecule has 19 heavy (non-hydrogen) atoms. The maximum Gasteiger partial charge on any atom is 0.223 e. The molecular formula is C15H29ClN2O. The number of hydrogen-bond donors (Lipinski definition) is 2. The van der Waals surface area contributed by atoms with Crippen molar-refractivity contribution in [1.29, 1.82) is 0 Å². The minimum absolute atomic E-state index is 0. The Hall–Kier alpha value is -0.280. The molecule has 1 saturated heterocycles.